The molecule has 0 saturated carbocycles. The number of pyridine rings is 3. The predicted molar refractivity (Wildman–Crippen MR) is 139 cm³/mol. The number of nitrogens with one attached hydrogen (secondary N) is 1. The van der Waals surface area contributed by atoms with E-state index in [4.69, 9.17) is 9.72 Å². The summed E-state index contributed by atoms with van der Waals surface area (Å²) >= 11 is 0. The Bertz CT molecular complexity index is 1390. The van der Waals surface area contributed by atoms with Gasteiger partial charge in [0.2, 0.25) is 0 Å². The Balaban J connectivity index is 1.41. The first-order chi connectivity index (χ1) is 17.2. The Morgan fingerprint density at radius 2 is 1.83 bits per heavy atom. The molecule has 0 atom stereocenters. The monoisotopic (exact) mass is 486 g/mol. The number of hydrogen-bond donors (Lipinski definition) is 1. The van der Waals surface area contributed by atoms with Gasteiger partial charge >= 0.3 is 6.09 Å². The van der Waals surface area contributed by atoms with Crippen LogP contribution >= 0.6 is 0 Å². The molecule has 0 spiro atoms. The van der Waals surface area contributed by atoms with E-state index in [1.807, 2.05) is 70.5 Å². The fourth-order valence-corrected chi connectivity index (χ4v) is 4.17. The first-order valence-corrected chi connectivity index (χ1v) is 12.0. The molecular formula is C26H30N8O2. The van der Waals surface area contributed by atoms with Crippen LogP contribution < -0.4 is 10.2 Å². The van der Waals surface area contributed by atoms with Crippen LogP contribution in [0.15, 0.2) is 55.1 Å². The van der Waals surface area contributed by atoms with Gasteiger partial charge in [0.1, 0.15) is 17.2 Å². The molecule has 36 heavy (non-hydrogen) atoms. The number of anilines is 3. The van der Waals surface area contributed by atoms with Gasteiger partial charge in [-0.1, -0.05) is 0 Å². The first kappa shape index (κ1) is 23.5. The molecule has 1 saturated heterocycles. The number of hydrogen-bond acceptors (Lipinski definition) is 8. The summed E-state index contributed by atoms with van der Waals surface area (Å²) in [6.07, 6.45) is 7.00. The average Bonchev–Trinajstić information content (AvgIpc) is 3.27. The normalized spacial score (nSPS) is 14.2. The lowest BCUT2D eigenvalue weighted by Crippen LogP contribution is -2.50. The van der Waals surface area contributed by atoms with Gasteiger partial charge in [-0.2, -0.15) is 5.10 Å². The number of piperazine rings is 1. The summed E-state index contributed by atoms with van der Waals surface area (Å²) in [6.45, 7) is 8.11. The third-order valence-electron chi connectivity index (χ3n) is 5.87. The molecule has 5 heterocycles. The molecule has 0 radical (unpaired) electrons. The molecule has 1 aliphatic rings. The van der Waals surface area contributed by atoms with Crippen LogP contribution in [0.5, 0.6) is 0 Å². The van der Waals surface area contributed by atoms with Crippen molar-refractivity contribution in [2.45, 2.75) is 26.4 Å². The molecule has 0 bridgehead atoms. The number of fused-ring (bicyclic) bond motifs is 1. The Morgan fingerprint density at radius 3 is 2.56 bits per heavy atom. The number of carbonyl (C=O) groups excluding carboxylic acids is 1. The second-order valence-corrected chi connectivity index (χ2v) is 9.81. The number of carbonyl (C=O) groups is 1. The minimum absolute atomic E-state index is 0.275. The largest absolute Gasteiger partial charge is 0.444 e. The Labute approximate surface area is 209 Å². The summed E-state index contributed by atoms with van der Waals surface area (Å²) in [5.74, 6) is 2.29. The molecule has 1 aliphatic heterocycles. The van der Waals surface area contributed by atoms with Crippen molar-refractivity contribution in [3.05, 3.63) is 55.1 Å². The number of nitrogens with zero attached hydrogens (tertiary/aromatic N) is 7. The second-order valence-electron chi connectivity index (χ2n) is 9.81. The lowest BCUT2D eigenvalue weighted by atomic mass is 10.1. The second kappa shape index (κ2) is 9.44. The third kappa shape index (κ3) is 5.22. The van der Waals surface area contributed by atoms with Crippen LogP contribution in [-0.4, -0.2) is 67.5 Å². The highest BCUT2D eigenvalue weighted by molar-refractivity contribution is 5.94. The summed E-state index contributed by atoms with van der Waals surface area (Å²) in [4.78, 5) is 30.3. The minimum Gasteiger partial charge on any atom is -0.444 e. The molecule has 4 aromatic rings. The van der Waals surface area contributed by atoms with Gasteiger partial charge in [0.25, 0.3) is 0 Å². The van der Waals surface area contributed by atoms with E-state index >= 15 is 0 Å². The number of aryl methyl sites for hydroxylation is 1. The van der Waals surface area contributed by atoms with Crippen molar-refractivity contribution < 1.29 is 9.53 Å². The minimum atomic E-state index is -0.512. The fourth-order valence-electron chi connectivity index (χ4n) is 4.17. The van der Waals surface area contributed by atoms with Gasteiger partial charge in [-0.15, -0.1) is 0 Å². The summed E-state index contributed by atoms with van der Waals surface area (Å²) in [5.41, 5.74) is 1.25. The molecule has 1 fully saturated rings. The summed E-state index contributed by atoms with van der Waals surface area (Å²) in [6, 6.07) is 9.83. The van der Waals surface area contributed by atoms with Crippen LogP contribution in [0, 0.1) is 0 Å². The van der Waals surface area contributed by atoms with Gasteiger partial charge < -0.3 is 19.9 Å². The van der Waals surface area contributed by atoms with Gasteiger partial charge in [-0.3, -0.25) is 9.67 Å². The number of aromatic nitrogens is 5. The summed E-state index contributed by atoms with van der Waals surface area (Å²) < 4.78 is 7.28. The predicted octanol–water partition coefficient (Wildman–Crippen LogP) is 4.23. The van der Waals surface area contributed by atoms with Gasteiger partial charge in [0.15, 0.2) is 5.82 Å². The summed E-state index contributed by atoms with van der Waals surface area (Å²) in [7, 11) is 1.87. The first-order valence-electron chi connectivity index (χ1n) is 12.0. The van der Waals surface area contributed by atoms with Crippen molar-refractivity contribution in [3.8, 4) is 11.3 Å². The lowest BCUT2D eigenvalue weighted by Gasteiger charge is -2.36. The van der Waals surface area contributed by atoms with Crippen molar-refractivity contribution in [2.75, 3.05) is 36.4 Å². The molecule has 5 rings (SSSR count). The molecule has 10 nitrogen and oxygen atoms in total. The molecule has 0 aromatic carbocycles. The van der Waals surface area contributed by atoms with Crippen molar-refractivity contribution in [1.29, 1.82) is 0 Å². The van der Waals surface area contributed by atoms with E-state index in [1.165, 1.54) is 0 Å². The van der Waals surface area contributed by atoms with E-state index in [9.17, 15) is 4.79 Å². The van der Waals surface area contributed by atoms with E-state index in [-0.39, 0.29) is 6.09 Å². The maximum Gasteiger partial charge on any atom is 0.410 e. The van der Waals surface area contributed by atoms with E-state index < -0.39 is 5.60 Å². The van der Waals surface area contributed by atoms with E-state index in [0.29, 0.717) is 32.0 Å². The van der Waals surface area contributed by atoms with Crippen LogP contribution in [0.4, 0.5) is 22.2 Å². The smallest absolute Gasteiger partial charge is 0.410 e. The number of ether oxygens (including phenoxy) is 1. The van der Waals surface area contributed by atoms with Gasteiger partial charge in [-0.25, -0.2) is 14.8 Å². The molecular weight excluding hydrogens is 456 g/mol. The van der Waals surface area contributed by atoms with E-state index in [2.05, 4.69) is 25.3 Å². The Hall–Kier alpha value is -4.21. The Kier molecular flexibility index (Phi) is 6.17. The van der Waals surface area contributed by atoms with Crippen LogP contribution in [-0.2, 0) is 11.8 Å². The van der Waals surface area contributed by atoms with Gasteiger partial charge in [0.05, 0.1) is 5.69 Å². The zero-order valence-corrected chi connectivity index (χ0v) is 21.0. The topological polar surface area (TPSA) is 101 Å². The number of amides is 1. The van der Waals surface area contributed by atoms with Crippen LogP contribution in [0.1, 0.15) is 20.8 Å². The number of rotatable bonds is 4. The van der Waals surface area contributed by atoms with E-state index in [1.54, 1.807) is 22.0 Å². The SMILES string of the molecule is Cn1ccc(Nc2cc(-c3cc4cnccc4c(N4CCN(C(=O)OC(C)(C)C)CC4)n3)ccn2)n1. The molecule has 10 heteroatoms. The van der Waals surface area contributed by atoms with Crippen LogP contribution in [0.3, 0.4) is 0 Å². The highest BCUT2D eigenvalue weighted by atomic mass is 16.6. The molecule has 1 N–H and O–H groups in total. The van der Waals surface area contributed by atoms with Crippen molar-refractivity contribution in [3.63, 3.8) is 0 Å². The third-order valence-corrected chi connectivity index (χ3v) is 5.87. The molecule has 1 amide bonds. The zero-order chi connectivity index (χ0) is 25.3. The van der Waals surface area contributed by atoms with Gasteiger partial charge in [0, 0.05) is 80.4 Å². The lowest BCUT2D eigenvalue weighted by molar-refractivity contribution is 0.0240. The zero-order valence-electron chi connectivity index (χ0n) is 21.0. The summed E-state index contributed by atoms with van der Waals surface area (Å²) in [5, 5.41) is 9.63. The van der Waals surface area contributed by atoms with Crippen molar-refractivity contribution >= 4 is 34.3 Å². The van der Waals surface area contributed by atoms with E-state index in [0.717, 1.165) is 33.7 Å². The van der Waals surface area contributed by atoms with Gasteiger partial charge in [-0.05, 0) is 45.0 Å². The standard InChI is InChI=1S/C26H30N8O2/c1-26(2,3)36-25(35)34-13-11-33(12-14-34)24-20-6-8-27-17-19(20)15-21(29-24)18-5-9-28-23(16-18)30-22-7-10-32(4)31-22/h5-10,15-17H,11-14H2,1-4H3,(H,28,30,31). The molecule has 186 valence electrons. The van der Waals surface area contributed by atoms with Crippen molar-refractivity contribution in [2.24, 2.45) is 7.05 Å². The van der Waals surface area contributed by atoms with Crippen LogP contribution in [0.2, 0.25) is 0 Å². The molecule has 4 aromatic heterocycles. The maximum absolute atomic E-state index is 12.5. The maximum atomic E-state index is 12.5. The highest BCUT2D eigenvalue weighted by Gasteiger charge is 2.27. The van der Waals surface area contributed by atoms with Crippen molar-refractivity contribution in [1.82, 2.24) is 29.6 Å². The Morgan fingerprint density at radius 1 is 1.03 bits per heavy atom. The van der Waals surface area contributed by atoms with Crippen LogP contribution in [0.25, 0.3) is 22.0 Å². The highest BCUT2D eigenvalue weighted by Crippen LogP contribution is 2.31. The molecule has 0 aliphatic carbocycles. The fraction of sp³-hybridized carbons (Fsp3) is 0.346. The molecule has 0 unspecified atom stereocenters. The average molecular weight is 487 g/mol. The quantitative estimate of drug-likeness (QED) is 0.457.